The van der Waals surface area contributed by atoms with Crippen molar-refractivity contribution in [3.05, 3.63) is 0 Å². The molecule has 0 radical (unpaired) electrons. The van der Waals surface area contributed by atoms with Gasteiger partial charge in [-0.2, -0.15) is 5.26 Å². The van der Waals surface area contributed by atoms with E-state index >= 15 is 0 Å². The quantitative estimate of drug-likeness (QED) is 0.630. The Morgan fingerprint density at radius 3 is 2.72 bits per heavy atom. The van der Waals surface area contributed by atoms with Crippen LogP contribution in [0.1, 0.15) is 0 Å². The van der Waals surface area contributed by atoms with Crippen molar-refractivity contribution in [2.45, 2.75) is 6.10 Å². The summed E-state index contributed by atoms with van der Waals surface area (Å²) in [7, 11) is 2.07. The Hall–Kier alpha value is -1.16. The van der Waals surface area contributed by atoms with Crippen LogP contribution in [0, 0.1) is 11.3 Å². The normalized spacial score (nSPS) is 26.9. The van der Waals surface area contributed by atoms with E-state index in [4.69, 9.17) is 10.00 Å². The molecule has 0 bridgehead atoms. The second-order valence-corrected chi connectivity index (χ2v) is 4.91. The zero-order valence-corrected chi connectivity index (χ0v) is 10.8. The van der Waals surface area contributed by atoms with E-state index in [1.54, 1.807) is 0 Å². The van der Waals surface area contributed by atoms with E-state index in [9.17, 15) is 4.79 Å². The lowest BCUT2D eigenvalue weighted by atomic mass is 10.2. The predicted molar refractivity (Wildman–Crippen MR) is 65.9 cm³/mol. The minimum atomic E-state index is -0.390. The van der Waals surface area contributed by atoms with Crippen LogP contribution in [0.2, 0.25) is 0 Å². The number of ether oxygens (including phenoxy) is 1. The highest BCUT2D eigenvalue weighted by molar-refractivity contribution is 5.78. The molecule has 2 saturated heterocycles. The van der Waals surface area contributed by atoms with Crippen molar-refractivity contribution < 1.29 is 9.53 Å². The van der Waals surface area contributed by atoms with Gasteiger partial charge >= 0.3 is 0 Å². The van der Waals surface area contributed by atoms with Crippen molar-refractivity contribution in [1.82, 2.24) is 14.7 Å². The summed E-state index contributed by atoms with van der Waals surface area (Å²) in [6, 6.07) is 2.10. The summed E-state index contributed by atoms with van der Waals surface area (Å²) in [5, 5.41) is 8.82. The van der Waals surface area contributed by atoms with Crippen LogP contribution in [0.5, 0.6) is 0 Å². The molecule has 1 unspecified atom stereocenters. The maximum absolute atomic E-state index is 12.1. The van der Waals surface area contributed by atoms with Gasteiger partial charge in [-0.25, -0.2) is 0 Å². The molecule has 0 aromatic heterocycles. The summed E-state index contributed by atoms with van der Waals surface area (Å²) in [4.78, 5) is 18.3. The zero-order valence-electron chi connectivity index (χ0n) is 10.8. The van der Waals surface area contributed by atoms with Gasteiger partial charge in [0.1, 0.15) is 0 Å². The maximum atomic E-state index is 12.1. The molecule has 0 spiro atoms. The smallest absolute Gasteiger partial charge is 0.236 e. The first-order valence-electron chi connectivity index (χ1n) is 6.39. The van der Waals surface area contributed by atoms with Crippen LogP contribution in [0.25, 0.3) is 0 Å². The summed E-state index contributed by atoms with van der Waals surface area (Å²) in [5.74, 6) is 0.168. The highest BCUT2D eigenvalue weighted by Crippen LogP contribution is 2.06. The molecule has 18 heavy (non-hydrogen) atoms. The van der Waals surface area contributed by atoms with E-state index < -0.39 is 0 Å². The lowest BCUT2D eigenvalue weighted by Gasteiger charge is -2.35. The number of carbonyl (C=O) groups is 1. The van der Waals surface area contributed by atoms with Gasteiger partial charge in [-0.1, -0.05) is 0 Å². The molecule has 1 amide bonds. The molecule has 0 aromatic rings. The molecule has 2 aliphatic rings. The summed E-state index contributed by atoms with van der Waals surface area (Å²) >= 11 is 0. The van der Waals surface area contributed by atoms with Crippen LogP contribution >= 0.6 is 0 Å². The number of piperazine rings is 1. The monoisotopic (exact) mass is 252 g/mol. The average molecular weight is 252 g/mol. The van der Waals surface area contributed by atoms with Crippen molar-refractivity contribution >= 4 is 5.91 Å². The Balaban J connectivity index is 1.78. The highest BCUT2D eigenvalue weighted by Gasteiger charge is 2.25. The molecule has 0 N–H and O–H groups in total. The van der Waals surface area contributed by atoms with Gasteiger partial charge in [-0.15, -0.1) is 0 Å². The summed E-state index contributed by atoms with van der Waals surface area (Å²) in [6.45, 7) is 5.71. The summed E-state index contributed by atoms with van der Waals surface area (Å²) in [5.41, 5.74) is 0. The van der Waals surface area contributed by atoms with Gasteiger partial charge in [-0.3, -0.25) is 9.69 Å². The summed E-state index contributed by atoms with van der Waals surface area (Å²) < 4.78 is 5.26. The van der Waals surface area contributed by atoms with Crippen LogP contribution in [-0.2, 0) is 9.53 Å². The van der Waals surface area contributed by atoms with Crippen molar-refractivity contribution in [1.29, 1.82) is 5.26 Å². The number of amides is 1. The minimum absolute atomic E-state index is 0.168. The number of nitrogens with zero attached hydrogens (tertiary/aromatic N) is 4. The second kappa shape index (κ2) is 6.14. The number of carbonyl (C=O) groups excluding carboxylic acids is 1. The van der Waals surface area contributed by atoms with Gasteiger partial charge in [0.15, 0.2) is 6.10 Å². The molecule has 0 saturated carbocycles. The first-order valence-corrected chi connectivity index (χ1v) is 6.39. The van der Waals surface area contributed by atoms with Crippen LogP contribution < -0.4 is 0 Å². The van der Waals surface area contributed by atoms with E-state index in [2.05, 4.69) is 18.0 Å². The molecule has 0 aromatic carbocycles. The van der Waals surface area contributed by atoms with Crippen molar-refractivity contribution in [3.8, 4) is 6.07 Å². The fraction of sp³-hybridized carbons (Fsp3) is 0.833. The molecule has 2 fully saturated rings. The van der Waals surface area contributed by atoms with E-state index in [0.29, 0.717) is 19.7 Å². The average Bonchev–Trinajstić information content (AvgIpc) is 2.39. The fourth-order valence-corrected chi connectivity index (χ4v) is 2.27. The third-order valence-electron chi connectivity index (χ3n) is 3.51. The number of likely N-dealkylation sites (N-methyl/N-ethyl adjacent to an activating group) is 1. The van der Waals surface area contributed by atoms with Gasteiger partial charge in [0, 0.05) is 39.3 Å². The SMILES string of the molecule is CN1CCN(C(=O)CN2CCOC(C#N)C2)CC1. The first-order chi connectivity index (χ1) is 8.69. The summed E-state index contributed by atoms with van der Waals surface area (Å²) in [6.07, 6.45) is -0.390. The fourth-order valence-electron chi connectivity index (χ4n) is 2.27. The van der Waals surface area contributed by atoms with E-state index in [1.807, 2.05) is 9.80 Å². The van der Waals surface area contributed by atoms with Crippen molar-refractivity contribution in [2.75, 3.05) is 59.5 Å². The molecule has 6 heteroatoms. The van der Waals surface area contributed by atoms with Gasteiger partial charge < -0.3 is 14.5 Å². The van der Waals surface area contributed by atoms with Crippen LogP contribution in [0.15, 0.2) is 0 Å². The first kappa shape index (κ1) is 13.3. The van der Waals surface area contributed by atoms with Gasteiger partial charge in [0.05, 0.1) is 19.2 Å². The molecule has 100 valence electrons. The highest BCUT2D eigenvalue weighted by atomic mass is 16.5. The van der Waals surface area contributed by atoms with Crippen molar-refractivity contribution in [2.24, 2.45) is 0 Å². The van der Waals surface area contributed by atoms with Gasteiger partial charge in [0.2, 0.25) is 5.91 Å². The van der Waals surface area contributed by atoms with Crippen LogP contribution in [-0.4, -0.2) is 86.2 Å². The Morgan fingerprint density at radius 2 is 2.06 bits per heavy atom. The molecule has 2 aliphatic heterocycles. The number of morpholine rings is 1. The van der Waals surface area contributed by atoms with Crippen LogP contribution in [0.4, 0.5) is 0 Å². The molecule has 1 atom stereocenters. The van der Waals surface area contributed by atoms with E-state index in [1.165, 1.54) is 0 Å². The molecular weight excluding hydrogens is 232 g/mol. The molecule has 2 rings (SSSR count). The Labute approximate surface area is 108 Å². The third kappa shape index (κ3) is 3.42. The molecule has 6 nitrogen and oxygen atoms in total. The Kier molecular flexibility index (Phi) is 4.53. The van der Waals surface area contributed by atoms with E-state index in [0.717, 1.165) is 32.7 Å². The largest absolute Gasteiger partial charge is 0.361 e. The lowest BCUT2D eigenvalue weighted by molar-refractivity contribution is -0.135. The predicted octanol–water partition coefficient (Wildman–Crippen LogP) is -1.02. The van der Waals surface area contributed by atoms with E-state index in [-0.39, 0.29) is 12.0 Å². The van der Waals surface area contributed by atoms with Gasteiger partial charge in [-0.05, 0) is 7.05 Å². The standard InChI is InChI=1S/C12H20N4O2/c1-14-2-4-16(5-3-14)12(17)10-15-6-7-18-11(8-13)9-15/h11H,2-7,9-10H2,1H3. The molecule has 2 heterocycles. The Morgan fingerprint density at radius 1 is 1.33 bits per heavy atom. The maximum Gasteiger partial charge on any atom is 0.236 e. The van der Waals surface area contributed by atoms with Crippen LogP contribution in [0.3, 0.4) is 0 Å². The number of hydrogen-bond acceptors (Lipinski definition) is 5. The van der Waals surface area contributed by atoms with Crippen molar-refractivity contribution in [3.63, 3.8) is 0 Å². The molecule has 0 aliphatic carbocycles. The third-order valence-corrected chi connectivity index (χ3v) is 3.51. The number of rotatable bonds is 2. The number of hydrogen-bond donors (Lipinski definition) is 0. The topological polar surface area (TPSA) is 59.8 Å². The lowest BCUT2D eigenvalue weighted by Crippen LogP contribution is -2.52. The molecular formula is C12H20N4O2. The van der Waals surface area contributed by atoms with Gasteiger partial charge in [0.25, 0.3) is 0 Å². The second-order valence-electron chi connectivity index (χ2n) is 4.91. The Bertz CT molecular complexity index is 333. The number of nitriles is 1. The minimum Gasteiger partial charge on any atom is -0.361 e. The zero-order chi connectivity index (χ0) is 13.0.